The smallest absolute Gasteiger partial charge is 0.308 e. The molecule has 3 unspecified atom stereocenters. The normalized spacial score (nSPS) is 31.8. The van der Waals surface area contributed by atoms with Crippen LogP contribution in [0.5, 0.6) is 0 Å². The molecule has 2 aliphatic carbocycles. The topological polar surface area (TPSA) is 66.4 Å². The summed E-state index contributed by atoms with van der Waals surface area (Å²) < 4.78 is 0. The molecule has 2 rings (SSSR count). The number of hydrogen-bond acceptors (Lipinski definition) is 2. The third-order valence-electron chi connectivity index (χ3n) is 5.52. The Hall–Kier alpha value is -1.06. The van der Waals surface area contributed by atoms with Gasteiger partial charge in [0.25, 0.3) is 0 Å². The molecule has 0 radical (unpaired) electrons. The van der Waals surface area contributed by atoms with Crippen molar-refractivity contribution in [3.05, 3.63) is 0 Å². The van der Waals surface area contributed by atoms with Crippen molar-refractivity contribution in [2.24, 2.45) is 17.8 Å². The van der Waals surface area contributed by atoms with Crippen molar-refractivity contribution < 1.29 is 14.7 Å². The van der Waals surface area contributed by atoms with E-state index in [2.05, 4.69) is 5.32 Å². The molecular weight excluding hydrogens is 266 g/mol. The Morgan fingerprint density at radius 2 is 1.81 bits per heavy atom. The van der Waals surface area contributed by atoms with Crippen LogP contribution in [-0.4, -0.2) is 22.5 Å². The number of carbonyl (C=O) groups excluding carboxylic acids is 1. The van der Waals surface area contributed by atoms with Crippen molar-refractivity contribution in [3.63, 3.8) is 0 Å². The summed E-state index contributed by atoms with van der Waals surface area (Å²) in [5.41, 5.74) is -0.578. The van der Waals surface area contributed by atoms with E-state index in [4.69, 9.17) is 0 Å². The van der Waals surface area contributed by atoms with Gasteiger partial charge in [0.2, 0.25) is 5.91 Å². The van der Waals surface area contributed by atoms with E-state index in [9.17, 15) is 14.7 Å². The number of aliphatic carboxylic acids is 1. The number of hydrogen-bond donors (Lipinski definition) is 2. The molecule has 2 saturated carbocycles. The molecular formula is C17H29NO3. The summed E-state index contributed by atoms with van der Waals surface area (Å²) in [5, 5.41) is 12.5. The van der Waals surface area contributed by atoms with Gasteiger partial charge >= 0.3 is 5.97 Å². The Kier molecular flexibility index (Phi) is 5.28. The third kappa shape index (κ3) is 3.98. The second kappa shape index (κ2) is 6.80. The van der Waals surface area contributed by atoms with Crippen LogP contribution in [0.4, 0.5) is 0 Å². The number of nitrogens with one attached hydrogen (secondary N) is 1. The van der Waals surface area contributed by atoms with Crippen LogP contribution in [0.3, 0.4) is 0 Å². The Morgan fingerprint density at radius 1 is 1.19 bits per heavy atom. The van der Waals surface area contributed by atoms with Gasteiger partial charge in [0.1, 0.15) is 0 Å². The molecule has 0 saturated heterocycles. The lowest BCUT2D eigenvalue weighted by atomic mass is 9.73. The predicted octanol–water partition coefficient (Wildman–Crippen LogP) is 3.35. The largest absolute Gasteiger partial charge is 0.481 e. The van der Waals surface area contributed by atoms with E-state index in [0.717, 1.165) is 25.7 Å². The fraction of sp³-hybridized carbons (Fsp3) is 0.882. The van der Waals surface area contributed by atoms with Gasteiger partial charge in [0, 0.05) is 5.92 Å². The predicted molar refractivity (Wildman–Crippen MR) is 81.9 cm³/mol. The van der Waals surface area contributed by atoms with Crippen LogP contribution in [0, 0.1) is 17.8 Å². The summed E-state index contributed by atoms with van der Waals surface area (Å²) in [6, 6.07) is 0. The van der Waals surface area contributed by atoms with Crippen molar-refractivity contribution >= 4 is 11.9 Å². The first kappa shape index (κ1) is 16.3. The fourth-order valence-corrected chi connectivity index (χ4v) is 4.14. The maximum Gasteiger partial charge on any atom is 0.308 e. The molecule has 0 aromatic rings. The molecule has 2 aliphatic rings. The zero-order valence-corrected chi connectivity index (χ0v) is 13.4. The third-order valence-corrected chi connectivity index (χ3v) is 5.52. The minimum absolute atomic E-state index is 0.0127. The van der Waals surface area contributed by atoms with Gasteiger partial charge in [0.15, 0.2) is 0 Å². The second-order valence-corrected chi connectivity index (χ2v) is 7.33. The molecule has 120 valence electrons. The number of carboxylic acid groups (broad SMARTS) is 1. The quantitative estimate of drug-likeness (QED) is 0.817. The van der Waals surface area contributed by atoms with Crippen LogP contribution >= 0.6 is 0 Å². The number of amides is 1. The van der Waals surface area contributed by atoms with Gasteiger partial charge in [-0.25, -0.2) is 0 Å². The van der Waals surface area contributed by atoms with Gasteiger partial charge in [-0.1, -0.05) is 45.4 Å². The van der Waals surface area contributed by atoms with Crippen LogP contribution in [0.25, 0.3) is 0 Å². The number of rotatable bonds is 5. The highest BCUT2D eigenvalue weighted by Gasteiger charge is 2.42. The van der Waals surface area contributed by atoms with Gasteiger partial charge in [-0.15, -0.1) is 0 Å². The first-order chi connectivity index (χ1) is 9.92. The average molecular weight is 295 g/mol. The van der Waals surface area contributed by atoms with Crippen LogP contribution in [0.15, 0.2) is 0 Å². The SMILES string of the molecule is CC(CC1CCCC1)C(=O)NC1(C)CCCCC1C(=O)O. The zero-order valence-electron chi connectivity index (χ0n) is 13.4. The highest BCUT2D eigenvalue weighted by molar-refractivity contribution is 5.81. The van der Waals surface area contributed by atoms with Crippen molar-refractivity contribution in [2.75, 3.05) is 0 Å². The molecule has 0 aliphatic heterocycles. The standard InChI is InChI=1S/C17H29NO3/c1-12(11-13-7-3-4-8-13)15(19)18-17(2)10-6-5-9-14(17)16(20)21/h12-14H,3-11H2,1-2H3,(H,18,19)(H,20,21). The Labute approximate surface area is 127 Å². The minimum Gasteiger partial charge on any atom is -0.481 e. The Balaban J connectivity index is 1.93. The molecule has 0 aromatic carbocycles. The van der Waals surface area contributed by atoms with E-state index in [1.807, 2.05) is 13.8 Å². The maximum atomic E-state index is 12.5. The summed E-state index contributed by atoms with van der Waals surface area (Å²) in [6.07, 6.45) is 9.39. The Bertz CT molecular complexity index is 389. The minimum atomic E-state index is -0.777. The van der Waals surface area contributed by atoms with Crippen molar-refractivity contribution in [2.45, 2.75) is 77.2 Å². The molecule has 0 bridgehead atoms. The van der Waals surface area contributed by atoms with E-state index >= 15 is 0 Å². The highest BCUT2D eigenvalue weighted by Crippen LogP contribution is 2.35. The van der Waals surface area contributed by atoms with Crippen LogP contribution in [0.2, 0.25) is 0 Å². The summed E-state index contributed by atoms with van der Waals surface area (Å²) in [4.78, 5) is 23.9. The summed E-state index contributed by atoms with van der Waals surface area (Å²) in [5.74, 6) is -0.520. The van der Waals surface area contributed by atoms with E-state index in [1.54, 1.807) is 0 Å². The summed E-state index contributed by atoms with van der Waals surface area (Å²) in [7, 11) is 0. The van der Waals surface area contributed by atoms with Crippen molar-refractivity contribution in [1.29, 1.82) is 0 Å². The molecule has 2 N–H and O–H groups in total. The average Bonchev–Trinajstić information content (AvgIpc) is 2.91. The summed E-state index contributed by atoms with van der Waals surface area (Å²) in [6.45, 7) is 3.89. The molecule has 3 atom stereocenters. The first-order valence-corrected chi connectivity index (χ1v) is 8.47. The number of carboxylic acids is 1. The molecule has 4 nitrogen and oxygen atoms in total. The van der Waals surface area contributed by atoms with Crippen molar-refractivity contribution in [3.8, 4) is 0 Å². The van der Waals surface area contributed by atoms with E-state index in [1.165, 1.54) is 25.7 Å². The van der Waals surface area contributed by atoms with Crippen molar-refractivity contribution in [1.82, 2.24) is 5.32 Å². The van der Waals surface area contributed by atoms with Gasteiger partial charge in [-0.2, -0.15) is 0 Å². The lowest BCUT2D eigenvalue weighted by molar-refractivity contribution is -0.147. The molecule has 2 fully saturated rings. The van der Waals surface area contributed by atoms with Crippen LogP contribution in [0.1, 0.15) is 71.6 Å². The fourth-order valence-electron chi connectivity index (χ4n) is 4.14. The van der Waals surface area contributed by atoms with Gasteiger partial charge < -0.3 is 10.4 Å². The number of carbonyl (C=O) groups is 2. The highest BCUT2D eigenvalue weighted by atomic mass is 16.4. The maximum absolute atomic E-state index is 12.5. The first-order valence-electron chi connectivity index (χ1n) is 8.47. The molecule has 1 amide bonds. The van der Waals surface area contributed by atoms with E-state index < -0.39 is 17.4 Å². The summed E-state index contributed by atoms with van der Waals surface area (Å²) >= 11 is 0. The Morgan fingerprint density at radius 3 is 2.43 bits per heavy atom. The van der Waals surface area contributed by atoms with Gasteiger partial charge in [-0.3, -0.25) is 9.59 Å². The van der Waals surface area contributed by atoms with Gasteiger partial charge in [-0.05, 0) is 32.1 Å². The molecule has 21 heavy (non-hydrogen) atoms. The molecule has 4 heteroatoms. The van der Waals surface area contributed by atoms with Crippen LogP contribution < -0.4 is 5.32 Å². The monoisotopic (exact) mass is 295 g/mol. The van der Waals surface area contributed by atoms with Crippen LogP contribution in [-0.2, 0) is 9.59 Å². The van der Waals surface area contributed by atoms with Gasteiger partial charge in [0.05, 0.1) is 11.5 Å². The van der Waals surface area contributed by atoms with E-state index in [-0.39, 0.29) is 11.8 Å². The molecule has 0 aromatic heterocycles. The second-order valence-electron chi connectivity index (χ2n) is 7.33. The molecule has 0 spiro atoms. The lowest BCUT2D eigenvalue weighted by Gasteiger charge is -2.40. The molecule has 0 heterocycles. The zero-order chi connectivity index (χ0) is 15.5. The van der Waals surface area contributed by atoms with E-state index in [0.29, 0.717) is 12.3 Å². The lowest BCUT2D eigenvalue weighted by Crippen LogP contribution is -2.56.